The van der Waals surface area contributed by atoms with Crippen molar-refractivity contribution in [2.24, 2.45) is 0 Å². The second-order valence-corrected chi connectivity index (χ2v) is 3.58. The smallest absolute Gasteiger partial charge is 0.165 e. The molecule has 0 aliphatic heterocycles. The molecule has 0 amide bonds. The summed E-state index contributed by atoms with van der Waals surface area (Å²) in [6.07, 6.45) is 2.08. The molecule has 13 heavy (non-hydrogen) atoms. The number of nitrogens with one attached hydrogen (secondary N) is 1. The monoisotopic (exact) mass is 201 g/mol. The summed E-state index contributed by atoms with van der Waals surface area (Å²) >= 11 is 1.80. The van der Waals surface area contributed by atoms with E-state index in [1.165, 1.54) is 0 Å². The highest BCUT2D eigenvalue weighted by Gasteiger charge is 2.03. The van der Waals surface area contributed by atoms with Gasteiger partial charge in [0.25, 0.3) is 0 Å². The number of hydrogen-bond acceptors (Lipinski definition) is 5. The molecule has 0 unspecified atom stereocenters. The van der Waals surface area contributed by atoms with E-state index < -0.39 is 0 Å². The van der Waals surface area contributed by atoms with Gasteiger partial charge in [-0.05, 0) is 23.2 Å². The fourth-order valence-corrected chi connectivity index (χ4v) is 1.29. The molecule has 1 N–H and O–H groups in total. The van der Waals surface area contributed by atoms with Gasteiger partial charge in [-0.3, -0.25) is 0 Å². The Labute approximate surface area is 82.3 Å². The molecule has 6 heteroatoms. The molecule has 0 atom stereocenters. The Kier molecular flexibility index (Phi) is 4.77. The van der Waals surface area contributed by atoms with Gasteiger partial charge in [-0.2, -0.15) is 11.8 Å². The van der Waals surface area contributed by atoms with Crippen molar-refractivity contribution in [2.75, 3.05) is 18.6 Å². The van der Waals surface area contributed by atoms with E-state index in [2.05, 4.69) is 34.0 Å². The Morgan fingerprint density at radius 3 is 3.08 bits per heavy atom. The van der Waals surface area contributed by atoms with E-state index in [-0.39, 0.29) is 0 Å². The molecule has 0 aromatic carbocycles. The topological polar surface area (TPSA) is 55.6 Å². The summed E-state index contributed by atoms with van der Waals surface area (Å²) in [5, 5.41) is 14.7. The normalized spacial score (nSPS) is 10.6. The zero-order valence-corrected chi connectivity index (χ0v) is 8.84. The number of rotatable bonds is 6. The summed E-state index contributed by atoms with van der Waals surface area (Å²) in [5.41, 5.74) is 0. The second-order valence-electron chi connectivity index (χ2n) is 2.59. The number of hydrogen-bond donors (Lipinski definition) is 1. The highest BCUT2D eigenvalue weighted by Crippen LogP contribution is 1.96. The van der Waals surface area contributed by atoms with Crippen LogP contribution in [-0.4, -0.2) is 38.8 Å². The van der Waals surface area contributed by atoms with Crippen LogP contribution in [0.3, 0.4) is 0 Å². The van der Waals surface area contributed by atoms with E-state index >= 15 is 0 Å². The second kappa shape index (κ2) is 5.93. The van der Waals surface area contributed by atoms with Gasteiger partial charge in [0.15, 0.2) is 5.82 Å². The summed E-state index contributed by atoms with van der Waals surface area (Å²) in [4.78, 5) is 0. The van der Waals surface area contributed by atoms with Crippen molar-refractivity contribution in [2.45, 2.75) is 20.0 Å². The maximum absolute atomic E-state index is 3.94. The minimum absolute atomic E-state index is 0.748. The van der Waals surface area contributed by atoms with Crippen molar-refractivity contribution in [3.05, 3.63) is 5.82 Å². The summed E-state index contributed by atoms with van der Waals surface area (Å²) in [7, 11) is 0. The Morgan fingerprint density at radius 2 is 2.38 bits per heavy atom. The van der Waals surface area contributed by atoms with Crippen molar-refractivity contribution in [1.29, 1.82) is 0 Å². The van der Waals surface area contributed by atoms with Crippen LogP contribution in [0.2, 0.25) is 0 Å². The Bertz CT molecular complexity index is 214. The van der Waals surface area contributed by atoms with Crippen molar-refractivity contribution in [3.63, 3.8) is 0 Å². The van der Waals surface area contributed by atoms with Gasteiger partial charge in [0.05, 0.1) is 13.1 Å². The van der Waals surface area contributed by atoms with E-state index in [4.69, 9.17) is 0 Å². The molecule has 5 nitrogen and oxygen atoms in total. The number of nitrogens with zero attached hydrogens (tertiary/aromatic N) is 4. The molecule has 74 valence electrons. The zero-order chi connectivity index (χ0) is 9.52. The first kappa shape index (κ1) is 10.5. The van der Waals surface area contributed by atoms with E-state index in [9.17, 15) is 0 Å². The number of aryl methyl sites for hydroxylation is 1. The maximum atomic E-state index is 3.94. The first-order chi connectivity index (χ1) is 6.38. The molecule has 1 rings (SSSR count). The quantitative estimate of drug-likeness (QED) is 0.710. The van der Waals surface area contributed by atoms with Crippen LogP contribution in [0.25, 0.3) is 0 Å². The van der Waals surface area contributed by atoms with Gasteiger partial charge in [-0.25, -0.2) is 4.68 Å². The predicted molar refractivity (Wildman–Crippen MR) is 53.6 cm³/mol. The third-order valence-corrected chi connectivity index (χ3v) is 2.24. The summed E-state index contributed by atoms with van der Waals surface area (Å²) in [6.45, 7) is 4.64. The van der Waals surface area contributed by atoms with Crippen LogP contribution >= 0.6 is 11.8 Å². The van der Waals surface area contributed by atoms with Gasteiger partial charge in [0.1, 0.15) is 0 Å². The third kappa shape index (κ3) is 3.31. The van der Waals surface area contributed by atoms with E-state index in [1.807, 2.05) is 4.68 Å². The summed E-state index contributed by atoms with van der Waals surface area (Å²) in [6, 6.07) is 0. The van der Waals surface area contributed by atoms with Gasteiger partial charge >= 0.3 is 0 Å². The van der Waals surface area contributed by atoms with Crippen LogP contribution in [0.4, 0.5) is 0 Å². The Morgan fingerprint density at radius 1 is 1.54 bits per heavy atom. The van der Waals surface area contributed by atoms with Crippen molar-refractivity contribution >= 4 is 11.8 Å². The lowest BCUT2D eigenvalue weighted by atomic mass is 10.5. The summed E-state index contributed by atoms with van der Waals surface area (Å²) < 4.78 is 1.85. The molecule has 0 aliphatic rings. The number of thioether (sulfide) groups is 1. The highest BCUT2D eigenvalue weighted by molar-refractivity contribution is 7.98. The SMILES string of the molecule is CCNCc1nnnn1CCSC. The van der Waals surface area contributed by atoms with Gasteiger partial charge in [0.2, 0.25) is 0 Å². The fourth-order valence-electron chi connectivity index (χ4n) is 0.938. The molecular weight excluding hydrogens is 186 g/mol. The van der Waals surface area contributed by atoms with Crippen LogP contribution < -0.4 is 5.32 Å². The molecule has 0 fully saturated rings. The van der Waals surface area contributed by atoms with Gasteiger partial charge in [-0.15, -0.1) is 5.10 Å². The lowest BCUT2D eigenvalue weighted by molar-refractivity contribution is 0.576. The Hall–Kier alpha value is -0.620. The lowest BCUT2D eigenvalue weighted by Crippen LogP contribution is -2.17. The van der Waals surface area contributed by atoms with Crippen LogP contribution in [-0.2, 0) is 13.1 Å². The number of aromatic nitrogens is 4. The van der Waals surface area contributed by atoms with E-state index in [0.717, 1.165) is 31.2 Å². The van der Waals surface area contributed by atoms with Gasteiger partial charge in [-0.1, -0.05) is 6.92 Å². The molecule has 0 saturated heterocycles. The average molecular weight is 201 g/mol. The molecule has 0 aliphatic carbocycles. The molecule has 0 spiro atoms. The lowest BCUT2D eigenvalue weighted by Gasteiger charge is -2.02. The fraction of sp³-hybridized carbons (Fsp3) is 0.857. The molecule has 1 heterocycles. The molecule has 0 saturated carbocycles. The van der Waals surface area contributed by atoms with E-state index in [0.29, 0.717) is 0 Å². The van der Waals surface area contributed by atoms with Crippen LogP contribution in [0.5, 0.6) is 0 Å². The summed E-state index contributed by atoms with van der Waals surface area (Å²) in [5.74, 6) is 1.96. The predicted octanol–water partition coefficient (Wildman–Crippen LogP) is 0.146. The van der Waals surface area contributed by atoms with Crippen LogP contribution in [0.15, 0.2) is 0 Å². The minimum Gasteiger partial charge on any atom is -0.310 e. The molecule has 0 radical (unpaired) electrons. The molecule has 1 aromatic rings. The standard InChI is InChI=1S/C7H15N5S/c1-3-8-6-7-9-10-11-12(7)4-5-13-2/h8H,3-6H2,1-2H3. The first-order valence-electron chi connectivity index (χ1n) is 4.33. The van der Waals surface area contributed by atoms with E-state index in [1.54, 1.807) is 11.8 Å². The Balaban J connectivity index is 2.45. The molecule has 0 bridgehead atoms. The van der Waals surface area contributed by atoms with Crippen molar-refractivity contribution in [1.82, 2.24) is 25.5 Å². The van der Waals surface area contributed by atoms with Crippen molar-refractivity contribution in [3.8, 4) is 0 Å². The van der Waals surface area contributed by atoms with Crippen LogP contribution in [0, 0.1) is 0 Å². The molecule has 1 aromatic heterocycles. The zero-order valence-electron chi connectivity index (χ0n) is 8.03. The molecular formula is C7H15N5S. The largest absolute Gasteiger partial charge is 0.310 e. The average Bonchev–Trinajstić information content (AvgIpc) is 2.59. The van der Waals surface area contributed by atoms with Gasteiger partial charge < -0.3 is 5.32 Å². The number of tetrazole rings is 1. The van der Waals surface area contributed by atoms with Gasteiger partial charge in [0, 0.05) is 5.75 Å². The highest BCUT2D eigenvalue weighted by atomic mass is 32.2. The third-order valence-electron chi connectivity index (χ3n) is 1.65. The van der Waals surface area contributed by atoms with Crippen molar-refractivity contribution < 1.29 is 0 Å². The van der Waals surface area contributed by atoms with Crippen LogP contribution in [0.1, 0.15) is 12.7 Å². The minimum atomic E-state index is 0.748. The maximum Gasteiger partial charge on any atom is 0.165 e. The first-order valence-corrected chi connectivity index (χ1v) is 5.72.